The van der Waals surface area contributed by atoms with Crippen LogP contribution in [0.15, 0.2) is 22.9 Å². The molecule has 2 unspecified atom stereocenters. The third-order valence-electron chi connectivity index (χ3n) is 2.74. The number of pyridine rings is 1. The predicted molar refractivity (Wildman–Crippen MR) is 72.3 cm³/mol. The number of halogens is 2. The van der Waals surface area contributed by atoms with E-state index in [1.54, 1.807) is 6.20 Å². The van der Waals surface area contributed by atoms with E-state index in [1.807, 2.05) is 6.20 Å². The fraction of sp³-hybridized carbons (Fsp3) is 0.583. The molecule has 0 spiro atoms. The molecule has 1 saturated heterocycles. The van der Waals surface area contributed by atoms with Crippen molar-refractivity contribution in [2.24, 2.45) is 0 Å². The van der Waals surface area contributed by atoms with Gasteiger partial charge in [-0.1, -0.05) is 0 Å². The molecule has 0 aromatic carbocycles. The molecule has 94 valence electrons. The summed E-state index contributed by atoms with van der Waals surface area (Å²) in [5, 5.41) is 0. The first-order chi connectivity index (χ1) is 8.17. The maximum Gasteiger partial charge on any atom is 0.0841 e. The summed E-state index contributed by atoms with van der Waals surface area (Å²) in [4.78, 5) is 6.54. The summed E-state index contributed by atoms with van der Waals surface area (Å²) >= 11 is 9.31. The molecule has 0 N–H and O–H groups in total. The second kappa shape index (κ2) is 6.14. The van der Waals surface area contributed by atoms with Crippen molar-refractivity contribution in [3.05, 3.63) is 28.5 Å². The van der Waals surface area contributed by atoms with Crippen molar-refractivity contribution in [2.45, 2.75) is 25.7 Å². The van der Waals surface area contributed by atoms with E-state index in [0.717, 1.165) is 24.1 Å². The summed E-state index contributed by atoms with van der Waals surface area (Å²) < 4.78 is 6.75. The Morgan fingerprint density at radius 2 is 2.35 bits per heavy atom. The van der Waals surface area contributed by atoms with Crippen LogP contribution in [-0.4, -0.2) is 41.1 Å². The lowest BCUT2D eigenvalue weighted by Gasteiger charge is -2.36. The maximum absolute atomic E-state index is 5.87. The molecule has 0 radical (unpaired) electrons. The molecule has 1 aromatic heterocycles. The van der Waals surface area contributed by atoms with Crippen molar-refractivity contribution in [3.8, 4) is 0 Å². The fourth-order valence-corrected chi connectivity index (χ4v) is 2.74. The average Bonchev–Trinajstić information content (AvgIpc) is 2.28. The monoisotopic (exact) mass is 318 g/mol. The Morgan fingerprint density at radius 3 is 3.06 bits per heavy atom. The van der Waals surface area contributed by atoms with Gasteiger partial charge in [-0.05, 0) is 34.5 Å². The molecule has 2 atom stereocenters. The van der Waals surface area contributed by atoms with Crippen LogP contribution in [0.2, 0.25) is 0 Å². The van der Waals surface area contributed by atoms with Crippen molar-refractivity contribution in [1.82, 2.24) is 9.88 Å². The zero-order chi connectivity index (χ0) is 12.3. The van der Waals surface area contributed by atoms with Crippen LogP contribution >= 0.6 is 27.5 Å². The van der Waals surface area contributed by atoms with Crippen molar-refractivity contribution in [1.29, 1.82) is 0 Å². The number of ether oxygens (including phenoxy) is 1. The summed E-state index contributed by atoms with van der Waals surface area (Å²) in [6.45, 7) is 4.82. The van der Waals surface area contributed by atoms with E-state index in [9.17, 15) is 0 Å². The molecule has 0 bridgehead atoms. The average molecular weight is 320 g/mol. The standard InChI is InChI=1S/C12H16BrClN2O/c1-9-6-16(8-12(3-14)17-9)7-10-2-11(13)5-15-4-10/h2,4-5,9,12H,3,6-8H2,1H3. The van der Waals surface area contributed by atoms with Crippen LogP contribution in [0.25, 0.3) is 0 Å². The number of alkyl halides is 1. The van der Waals surface area contributed by atoms with Gasteiger partial charge in [0, 0.05) is 42.4 Å². The molecular weight excluding hydrogens is 304 g/mol. The molecule has 0 aliphatic carbocycles. The minimum absolute atomic E-state index is 0.139. The molecule has 1 fully saturated rings. The first kappa shape index (κ1) is 13.3. The summed E-state index contributed by atoms with van der Waals surface area (Å²) in [5.74, 6) is 0.553. The Hall–Kier alpha value is -0.160. The topological polar surface area (TPSA) is 25.4 Å². The molecule has 5 heteroatoms. The van der Waals surface area contributed by atoms with E-state index >= 15 is 0 Å². The largest absolute Gasteiger partial charge is 0.371 e. The van der Waals surface area contributed by atoms with Gasteiger partial charge < -0.3 is 4.74 Å². The summed E-state index contributed by atoms with van der Waals surface area (Å²) in [6.07, 6.45) is 4.08. The minimum atomic E-state index is 0.139. The van der Waals surface area contributed by atoms with Crippen molar-refractivity contribution in [2.75, 3.05) is 19.0 Å². The molecule has 2 rings (SSSR count). The number of hydrogen-bond acceptors (Lipinski definition) is 3. The van der Waals surface area contributed by atoms with E-state index in [1.165, 1.54) is 5.56 Å². The van der Waals surface area contributed by atoms with E-state index in [0.29, 0.717) is 5.88 Å². The molecule has 2 heterocycles. The van der Waals surface area contributed by atoms with Crippen LogP contribution in [0, 0.1) is 0 Å². The van der Waals surface area contributed by atoms with E-state index in [-0.39, 0.29) is 12.2 Å². The highest BCUT2D eigenvalue weighted by atomic mass is 79.9. The third-order valence-corrected chi connectivity index (χ3v) is 3.52. The first-order valence-electron chi connectivity index (χ1n) is 5.70. The SMILES string of the molecule is CC1CN(Cc2cncc(Br)c2)CC(CCl)O1. The van der Waals surface area contributed by atoms with Crippen LogP contribution in [0.1, 0.15) is 12.5 Å². The number of nitrogens with zero attached hydrogens (tertiary/aromatic N) is 2. The Kier molecular flexibility index (Phi) is 4.79. The smallest absolute Gasteiger partial charge is 0.0841 e. The second-order valence-corrected chi connectivity index (χ2v) is 5.65. The quantitative estimate of drug-likeness (QED) is 0.801. The number of hydrogen-bond donors (Lipinski definition) is 0. The molecule has 3 nitrogen and oxygen atoms in total. The lowest BCUT2D eigenvalue weighted by Crippen LogP contribution is -2.46. The van der Waals surface area contributed by atoms with Crippen LogP contribution in [-0.2, 0) is 11.3 Å². The lowest BCUT2D eigenvalue weighted by molar-refractivity contribution is -0.0689. The Bertz CT molecular complexity index is 377. The van der Waals surface area contributed by atoms with Crippen LogP contribution < -0.4 is 0 Å². The second-order valence-electron chi connectivity index (χ2n) is 4.43. The highest BCUT2D eigenvalue weighted by molar-refractivity contribution is 9.10. The Balaban J connectivity index is 1.98. The highest BCUT2D eigenvalue weighted by Crippen LogP contribution is 2.16. The van der Waals surface area contributed by atoms with Crippen LogP contribution in [0.3, 0.4) is 0 Å². The molecule has 1 aliphatic heterocycles. The molecule has 0 amide bonds. The van der Waals surface area contributed by atoms with Crippen molar-refractivity contribution >= 4 is 27.5 Å². The molecule has 1 aliphatic rings. The predicted octanol–water partition coefficient (Wildman–Crippen LogP) is 2.67. The normalized spacial score (nSPS) is 26.1. The number of rotatable bonds is 3. The summed E-state index contributed by atoms with van der Waals surface area (Å²) in [6, 6.07) is 2.10. The Morgan fingerprint density at radius 1 is 1.53 bits per heavy atom. The van der Waals surface area contributed by atoms with Crippen molar-refractivity contribution < 1.29 is 4.74 Å². The summed E-state index contributed by atoms with van der Waals surface area (Å²) in [7, 11) is 0. The van der Waals surface area contributed by atoms with Gasteiger partial charge in [-0.2, -0.15) is 0 Å². The van der Waals surface area contributed by atoms with Crippen LogP contribution in [0.5, 0.6) is 0 Å². The van der Waals surface area contributed by atoms with E-state index in [4.69, 9.17) is 16.3 Å². The van der Waals surface area contributed by atoms with Crippen LogP contribution in [0.4, 0.5) is 0 Å². The third kappa shape index (κ3) is 3.91. The zero-order valence-corrected chi connectivity index (χ0v) is 12.1. The molecule has 0 saturated carbocycles. The lowest BCUT2D eigenvalue weighted by atomic mass is 10.2. The van der Waals surface area contributed by atoms with Gasteiger partial charge in [0.1, 0.15) is 0 Å². The van der Waals surface area contributed by atoms with Gasteiger partial charge in [-0.25, -0.2) is 0 Å². The highest BCUT2D eigenvalue weighted by Gasteiger charge is 2.24. The molecule has 17 heavy (non-hydrogen) atoms. The number of aromatic nitrogens is 1. The van der Waals surface area contributed by atoms with E-state index < -0.39 is 0 Å². The van der Waals surface area contributed by atoms with Gasteiger partial charge in [0.25, 0.3) is 0 Å². The van der Waals surface area contributed by atoms with Gasteiger partial charge >= 0.3 is 0 Å². The number of morpholine rings is 1. The minimum Gasteiger partial charge on any atom is -0.371 e. The summed E-state index contributed by atoms with van der Waals surface area (Å²) in [5.41, 5.74) is 1.21. The zero-order valence-electron chi connectivity index (χ0n) is 9.77. The molecule has 1 aromatic rings. The Labute approximate surface area is 115 Å². The van der Waals surface area contributed by atoms with Gasteiger partial charge in [-0.15, -0.1) is 11.6 Å². The van der Waals surface area contributed by atoms with Gasteiger partial charge in [-0.3, -0.25) is 9.88 Å². The fourth-order valence-electron chi connectivity index (χ4n) is 2.16. The first-order valence-corrected chi connectivity index (χ1v) is 7.03. The van der Waals surface area contributed by atoms with E-state index in [2.05, 4.69) is 38.8 Å². The van der Waals surface area contributed by atoms with Crippen molar-refractivity contribution in [3.63, 3.8) is 0 Å². The van der Waals surface area contributed by atoms with Gasteiger partial charge in [0.2, 0.25) is 0 Å². The van der Waals surface area contributed by atoms with Gasteiger partial charge in [0.05, 0.1) is 12.2 Å². The molecular formula is C12H16BrClN2O. The maximum atomic E-state index is 5.87. The van der Waals surface area contributed by atoms with Gasteiger partial charge in [0.15, 0.2) is 0 Å².